The van der Waals surface area contributed by atoms with Crippen molar-refractivity contribution in [1.82, 2.24) is 0 Å². The van der Waals surface area contributed by atoms with Gasteiger partial charge in [0.15, 0.2) is 0 Å². The summed E-state index contributed by atoms with van der Waals surface area (Å²) in [6.45, 7) is 2.18. The molecule has 0 unspecified atom stereocenters. The quantitative estimate of drug-likeness (QED) is 0.589. The van der Waals surface area contributed by atoms with Crippen LogP contribution in [0.2, 0.25) is 0 Å². The van der Waals surface area contributed by atoms with Crippen LogP contribution in [0, 0.1) is 5.92 Å². The monoisotopic (exact) mass is 166 g/mol. The fourth-order valence-corrected chi connectivity index (χ4v) is 1.68. The first kappa shape index (κ1) is 9.50. The van der Waals surface area contributed by atoms with Crippen LogP contribution in [0.1, 0.15) is 45.4 Å². The second-order valence-corrected chi connectivity index (χ2v) is 3.61. The summed E-state index contributed by atoms with van der Waals surface area (Å²) < 4.78 is 0. The third-order valence-electron chi connectivity index (χ3n) is 2.38. The van der Waals surface area contributed by atoms with E-state index in [4.69, 9.17) is 0 Å². The molecule has 1 nitrogen and oxygen atoms in total. The van der Waals surface area contributed by atoms with Gasteiger partial charge in [-0.3, -0.25) is 4.79 Å². The van der Waals surface area contributed by atoms with Crippen LogP contribution >= 0.6 is 0 Å². The van der Waals surface area contributed by atoms with Gasteiger partial charge in [-0.25, -0.2) is 0 Å². The summed E-state index contributed by atoms with van der Waals surface area (Å²) in [4.78, 5) is 11.1. The fourth-order valence-electron chi connectivity index (χ4n) is 1.68. The Morgan fingerprint density at radius 1 is 1.58 bits per heavy atom. The van der Waals surface area contributed by atoms with E-state index in [9.17, 15) is 4.79 Å². The molecule has 0 aromatic rings. The maximum absolute atomic E-state index is 11.1. The molecule has 1 heteroatoms. The molecule has 0 heterocycles. The molecule has 0 bridgehead atoms. The topological polar surface area (TPSA) is 17.1 Å². The lowest BCUT2D eigenvalue weighted by atomic mass is 9.88. The second kappa shape index (κ2) is 5.13. The number of carbonyl (C=O) groups excluding carboxylic acids is 1. The van der Waals surface area contributed by atoms with Gasteiger partial charge >= 0.3 is 0 Å². The van der Waals surface area contributed by atoms with Crippen molar-refractivity contribution < 1.29 is 4.79 Å². The smallest absolute Gasteiger partial charge is 0.133 e. The van der Waals surface area contributed by atoms with Gasteiger partial charge < -0.3 is 0 Å². The zero-order chi connectivity index (χ0) is 8.81. The second-order valence-electron chi connectivity index (χ2n) is 3.61. The molecule has 0 spiro atoms. The molecule has 1 atom stereocenters. The first-order chi connectivity index (χ1) is 5.83. The van der Waals surface area contributed by atoms with Gasteiger partial charge in [0.1, 0.15) is 5.78 Å². The number of unbranched alkanes of at least 4 members (excludes halogenated alkanes) is 1. The van der Waals surface area contributed by atoms with Gasteiger partial charge in [0, 0.05) is 12.8 Å². The average molecular weight is 166 g/mol. The molecular formula is C11H18O. The molecule has 0 amide bonds. The van der Waals surface area contributed by atoms with E-state index >= 15 is 0 Å². The molecule has 12 heavy (non-hydrogen) atoms. The van der Waals surface area contributed by atoms with Crippen molar-refractivity contribution in [3.8, 4) is 0 Å². The highest BCUT2D eigenvalue weighted by Gasteiger charge is 2.16. The lowest BCUT2D eigenvalue weighted by molar-refractivity contribution is -0.121. The Bertz CT molecular complexity index is 170. The molecule has 0 aromatic heterocycles. The maximum Gasteiger partial charge on any atom is 0.133 e. The van der Waals surface area contributed by atoms with E-state index in [1.165, 1.54) is 12.8 Å². The molecular weight excluding hydrogens is 148 g/mol. The summed E-state index contributed by atoms with van der Waals surface area (Å²) in [5.41, 5.74) is 0. The van der Waals surface area contributed by atoms with E-state index < -0.39 is 0 Å². The molecule has 68 valence electrons. The molecule has 0 N–H and O–H groups in total. The average Bonchev–Trinajstić information content (AvgIpc) is 2.05. The number of hydrogen-bond acceptors (Lipinski definition) is 1. The van der Waals surface area contributed by atoms with Gasteiger partial charge in [-0.15, -0.1) is 0 Å². The van der Waals surface area contributed by atoms with Crippen LogP contribution in [0.15, 0.2) is 12.2 Å². The van der Waals surface area contributed by atoms with Crippen LogP contribution in [0.4, 0.5) is 0 Å². The minimum absolute atomic E-state index is 0.451. The Labute approximate surface area is 74.9 Å². The first-order valence-electron chi connectivity index (χ1n) is 5.01. The SMILES string of the molecule is CCC/C=C\[C@@H]1CCCC(=O)C1. The molecule has 1 rings (SSSR count). The van der Waals surface area contributed by atoms with Gasteiger partial charge in [0.25, 0.3) is 0 Å². The normalized spacial score (nSPS) is 25.1. The zero-order valence-electron chi connectivity index (χ0n) is 7.88. The summed E-state index contributed by atoms with van der Waals surface area (Å²) >= 11 is 0. The molecule has 1 aliphatic carbocycles. The number of rotatable bonds is 3. The van der Waals surface area contributed by atoms with Crippen LogP contribution in [0.3, 0.4) is 0 Å². The van der Waals surface area contributed by atoms with E-state index in [0.29, 0.717) is 11.7 Å². The van der Waals surface area contributed by atoms with Crippen molar-refractivity contribution in [2.75, 3.05) is 0 Å². The molecule has 0 saturated heterocycles. The summed E-state index contributed by atoms with van der Waals surface area (Å²) in [5, 5.41) is 0. The summed E-state index contributed by atoms with van der Waals surface area (Å²) in [7, 11) is 0. The molecule has 0 radical (unpaired) electrons. The van der Waals surface area contributed by atoms with Gasteiger partial charge in [-0.05, 0) is 25.2 Å². The van der Waals surface area contributed by atoms with Crippen LogP contribution in [-0.4, -0.2) is 5.78 Å². The van der Waals surface area contributed by atoms with Crippen molar-refractivity contribution in [2.24, 2.45) is 5.92 Å². The number of carbonyl (C=O) groups is 1. The highest BCUT2D eigenvalue weighted by atomic mass is 16.1. The minimum Gasteiger partial charge on any atom is -0.300 e. The van der Waals surface area contributed by atoms with E-state index in [1.54, 1.807) is 0 Å². The van der Waals surface area contributed by atoms with Crippen molar-refractivity contribution in [1.29, 1.82) is 0 Å². The largest absolute Gasteiger partial charge is 0.300 e. The highest BCUT2D eigenvalue weighted by Crippen LogP contribution is 2.22. The van der Waals surface area contributed by atoms with Gasteiger partial charge in [0.05, 0.1) is 0 Å². The number of hydrogen-bond donors (Lipinski definition) is 0. The maximum atomic E-state index is 11.1. The van der Waals surface area contributed by atoms with E-state index in [-0.39, 0.29) is 0 Å². The minimum atomic E-state index is 0.451. The van der Waals surface area contributed by atoms with Gasteiger partial charge in [-0.2, -0.15) is 0 Å². The van der Waals surface area contributed by atoms with Gasteiger partial charge in [-0.1, -0.05) is 25.5 Å². The van der Waals surface area contributed by atoms with E-state index in [0.717, 1.165) is 25.7 Å². The van der Waals surface area contributed by atoms with Crippen molar-refractivity contribution in [3.05, 3.63) is 12.2 Å². The van der Waals surface area contributed by atoms with Gasteiger partial charge in [0.2, 0.25) is 0 Å². The Balaban J connectivity index is 2.26. The Kier molecular flexibility index (Phi) is 4.06. The molecule has 1 fully saturated rings. The highest BCUT2D eigenvalue weighted by molar-refractivity contribution is 5.79. The van der Waals surface area contributed by atoms with Crippen molar-refractivity contribution >= 4 is 5.78 Å². The number of Topliss-reactive ketones (excluding diaryl/α,β-unsaturated/α-hetero) is 1. The van der Waals surface area contributed by atoms with E-state index in [1.807, 2.05) is 0 Å². The lowest BCUT2D eigenvalue weighted by Crippen LogP contribution is -2.12. The lowest BCUT2D eigenvalue weighted by Gasteiger charge is -2.16. The standard InChI is InChI=1S/C11H18O/c1-2-3-4-6-10-7-5-8-11(12)9-10/h4,6,10H,2-3,5,7-9H2,1H3/b6-4-/t10-/m1/s1. The predicted octanol–water partition coefficient (Wildman–Crippen LogP) is 3.10. The third kappa shape index (κ3) is 3.21. The third-order valence-corrected chi connectivity index (χ3v) is 2.38. The Hall–Kier alpha value is -0.590. The molecule has 0 aromatic carbocycles. The number of ketones is 1. The predicted molar refractivity (Wildman–Crippen MR) is 51.0 cm³/mol. The van der Waals surface area contributed by atoms with Crippen molar-refractivity contribution in [3.63, 3.8) is 0 Å². The Morgan fingerprint density at radius 3 is 3.08 bits per heavy atom. The summed E-state index contributed by atoms with van der Waals surface area (Å²) in [5.74, 6) is 1.00. The first-order valence-corrected chi connectivity index (χ1v) is 5.01. The molecule has 1 saturated carbocycles. The van der Waals surface area contributed by atoms with Crippen LogP contribution < -0.4 is 0 Å². The summed E-state index contributed by atoms with van der Waals surface area (Å²) in [6.07, 6.45) is 10.7. The van der Waals surface area contributed by atoms with Crippen LogP contribution in [-0.2, 0) is 4.79 Å². The zero-order valence-corrected chi connectivity index (χ0v) is 7.88. The summed E-state index contributed by atoms with van der Waals surface area (Å²) in [6, 6.07) is 0. The number of allylic oxidation sites excluding steroid dienone is 2. The van der Waals surface area contributed by atoms with E-state index in [2.05, 4.69) is 19.1 Å². The van der Waals surface area contributed by atoms with Crippen molar-refractivity contribution in [2.45, 2.75) is 45.4 Å². The Morgan fingerprint density at radius 2 is 2.42 bits per heavy atom. The van der Waals surface area contributed by atoms with Crippen LogP contribution in [0.25, 0.3) is 0 Å². The fraction of sp³-hybridized carbons (Fsp3) is 0.727. The molecule has 0 aliphatic heterocycles. The molecule has 1 aliphatic rings. The van der Waals surface area contributed by atoms with Crippen LogP contribution in [0.5, 0.6) is 0 Å².